The number of carbonyl (C=O) groups excluding carboxylic acids is 2. The molecule has 0 radical (unpaired) electrons. The molecule has 2 amide bonds. The van der Waals surface area contributed by atoms with E-state index in [4.69, 9.17) is 9.47 Å². The maximum absolute atomic E-state index is 12.2. The van der Waals surface area contributed by atoms with Gasteiger partial charge in [-0.15, -0.1) is 0 Å². The first kappa shape index (κ1) is 19.1. The Bertz CT molecular complexity index is 581. The normalized spacial score (nSPS) is 15.6. The van der Waals surface area contributed by atoms with Gasteiger partial charge in [0.15, 0.2) is 11.5 Å². The summed E-state index contributed by atoms with van der Waals surface area (Å²) in [6.07, 6.45) is 8.13. The molecule has 0 saturated heterocycles. The van der Waals surface area contributed by atoms with Gasteiger partial charge in [0, 0.05) is 11.6 Å². The van der Waals surface area contributed by atoms with Gasteiger partial charge in [-0.3, -0.25) is 9.59 Å². The van der Waals surface area contributed by atoms with Crippen LogP contribution in [0.1, 0.15) is 55.3 Å². The van der Waals surface area contributed by atoms with Gasteiger partial charge in [0.1, 0.15) is 0 Å². The second kappa shape index (κ2) is 9.91. The highest BCUT2D eigenvalue weighted by atomic mass is 16.5. The first-order valence-electron chi connectivity index (χ1n) is 8.93. The lowest BCUT2D eigenvalue weighted by atomic mass is 9.97. The van der Waals surface area contributed by atoms with Crippen LogP contribution in [0.5, 0.6) is 11.5 Å². The zero-order valence-electron chi connectivity index (χ0n) is 15.1. The Morgan fingerprint density at radius 2 is 1.64 bits per heavy atom. The molecule has 2 N–H and O–H groups in total. The van der Waals surface area contributed by atoms with Gasteiger partial charge in [0.2, 0.25) is 5.91 Å². The molecule has 6 nitrogen and oxygen atoms in total. The highest BCUT2D eigenvalue weighted by molar-refractivity contribution is 5.97. The summed E-state index contributed by atoms with van der Waals surface area (Å²) in [4.78, 5) is 24.3. The van der Waals surface area contributed by atoms with Gasteiger partial charge >= 0.3 is 0 Å². The summed E-state index contributed by atoms with van der Waals surface area (Å²) >= 11 is 0. The lowest BCUT2D eigenvalue weighted by Gasteiger charge is -2.21. The molecule has 1 aliphatic carbocycles. The van der Waals surface area contributed by atoms with E-state index in [0.29, 0.717) is 17.1 Å². The second-order valence-electron chi connectivity index (χ2n) is 6.36. The fourth-order valence-corrected chi connectivity index (χ4v) is 3.12. The Hall–Kier alpha value is -2.24. The van der Waals surface area contributed by atoms with E-state index in [2.05, 4.69) is 10.6 Å². The van der Waals surface area contributed by atoms with Crippen molar-refractivity contribution in [3.63, 3.8) is 0 Å². The zero-order chi connectivity index (χ0) is 18.1. The molecular formula is C19H28N2O4. The van der Waals surface area contributed by atoms with Crippen molar-refractivity contribution in [3.8, 4) is 11.5 Å². The standard InChI is InChI=1S/C19H28N2O4/c1-24-16-11-10-14(12-17(16)25-2)19(23)20-13-18(22)21-15-8-6-4-3-5-7-9-15/h10-12,15H,3-9,13H2,1-2H3,(H,20,23)(H,21,22). The molecule has 1 saturated carbocycles. The molecule has 1 aromatic carbocycles. The van der Waals surface area contributed by atoms with E-state index in [1.807, 2.05) is 0 Å². The molecule has 1 aliphatic rings. The van der Waals surface area contributed by atoms with Gasteiger partial charge in [-0.2, -0.15) is 0 Å². The molecule has 0 heterocycles. The summed E-state index contributed by atoms with van der Waals surface area (Å²) in [5.41, 5.74) is 0.427. The van der Waals surface area contributed by atoms with Gasteiger partial charge in [0.25, 0.3) is 5.91 Å². The number of hydrogen-bond acceptors (Lipinski definition) is 4. The van der Waals surface area contributed by atoms with Gasteiger partial charge in [0.05, 0.1) is 20.8 Å². The number of hydrogen-bond donors (Lipinski definition) is 2. The van der Waals surface area contributed by atoms with Crippen LogP contribution >= 0.6 is 0 Å². The van der Waals surface area contributed by atoms with E-state index in [1.54, 1.807) is 18.2 Å². The summed E-state index contributed by atoms with van der Waals surface area (Å²) in [6.45, 7) is -0.0241. The van der Waals surface area contributed by atoms with Crippen molar-refractivity contribution in [1.82, 2.24) is 10.6 Å². The Morgan fingerprint density at radius 3 is 2.28 bits per heavy atom. The molecule has 2 rings (SSSR count). The number of amides is 2. The zero-order valence-corrected chi connectivity index (χ0v) is 15.1. The molecule has 138 valence electrons. The third-order valence-corrected chi connectivity index (χ3v) is 4.53. The summed E-state index contributed by atoms with van der Waals surface area (Å²) < 4.78 is 10.3. The van der Waals surface area contributed by atoms with E-state index in [0.717, 1.165) is 25.7 Å². The third kappa shape index (κ3) is 5.96. The molecule has 0 aliphatic heterocycles. The second-order valence-corrected chi connectivity index (χ2v) is 6.36. The lowest BCUT2D eigenvalue weighted by molar-refractivity contribution is -0.120. The van der Waals surface area contributed by atoms with Crippen molar-refractivity contribution < 1.29 is 19.1 Å². The Labute approximate surface area is 149 Å². The summed E-state index contributed by atoms with van der Waals surface area (Å²) in [7, 11) is 3.05. The van der Waals surface area contributed by atoms with Crippen LogP contribution in [-0.2, 0) is 4.79 Å². The molecule has 25 heavy (non-hydrogen) atoms. The SMILES string of the molecule is COc1ccc(C(=O)NCC(=O)NC2CCCCCCC2)cc1OC. The molecule has 0 bridgehead atoms. The number of ether oxygens (including phenoxy) is 2. The van der Waals surface area contributed by atoms with Crippen LogP contribution in [0, 0.1) is 0 Å². The lowest BCUT2D eigenvalue weighted by Crippen LogP contribution is -2.42. The fourth-order valence-electron chi connectivity index (χ4n) is 3.12. The minimum Gasteiger partial charge on any atom is -0.493 e. The summed E-state index contributed by atoms with van der Waals surface area (Å²) in [6, 6.07) is 5.14. The predicted molar refractivity (Wildman–Crippen MR) is 96.1 cm³/mol. The van der Waals surface area contributed by atoms with Crippen LogP contribution in [0.25, 0.3) is 0 Å². The monoisotopic (exact) mass is 348 g/mol. The van der Waals surface area contributed by atoms with Crippen LogP contribution < -0.4 is 20.1 Å². The maximum atomic E-state index is 12.2. The van der Waals surface area contributed by atoms with Crippen molar-refractivity contribution in [2.24, 2.45) is 0 Å². The Morgan fingerprint density at radius 1 is 1.00 bits per heavy atom. The van der Waals surface area contributed by atoms with E-state index < -0.39 is 0 Å². The largest absolute Gasteiger partial charge is 0.493 e. The predicted octanol–water partition coefficient (Wildman–Crippen LogP) is 2.66. The van der Waals surface area contributed by atoms with Gasteiger partial charge in [-0.25, -0.2) is 0 Å². The van der Waals surface area contributed by atoms with Gasteiger partial charge < -0.3 is 20.1 Å². The van der Waals surface area contributed by atoms with E-state index in [1.165, 1.54) is 33.5 Å². The molecule has 0 atom stereocenters. The first-order valence-corrected chi connectivity index (χ1v) is 8.93. The number of carbonyl (C=O) groups is 2. The van der Waals surface area contributed by atoms with E-state index in [9.17, 15) is 9.59 Å². The number of methoxy groups -OCH3 is 2. The average molecular weight is 348 g/mol. The highest BCUT2D eigenvalue weighted by Gasteiger charge is 2.15. The van der Waals surface area contributed by atoms with Crippen molar-refractivity contribution in [3.05, 3.63) is 23.8 Å². The van der Waals surface area contributed by atoms with Crippen LogP contribution in [-0.4, -0.2) is 38.6 Å². The smallest absolute Gasteiger partial charge is 0.251 e. The van der Waals surface area contributed by atoms with Crippen molar-refractivity contribution in [1.29, 1.82) is 0 Å². The molecule has 1 fully saturated rings. The molecule has 0 unspecified atom stereocenters. The van der Waals surface area contributed by atoms with Crippen LogP contribution in [0.2, 0.25) is 0 Å². The van der Waals surface area contributed by atoms with Crippen LogP contribution in [0.3, 0.4) is 0 Å². The highest BCUT2D eigenvalue weighted by Crippen LogP contribution is 2.27. The van der Waals surface area contributed by atoms with Gasteiger partial charge in [-0.05, 0) is 31.0 Å². The number of benzene rings is 1. The van der Waals surface area contributed by atoms with Crippen LogP contribution in [0.4, 0.5) is 0 Å². The van der Waals surface area contributed by atoms with E-state index >= 15 is 0 Å². The minimum atomic E-state index is -0.311. The van der Waals surface area contributed by atoms with Crippen LogP contribution in [0.15, 0.2) is 18.2 Å². The Kier molecular flexibility index (Phi) is 7.57. The average Bonchev–Trinajstić information content (AvgIpc) is 2.61. The summed E-state index contributed by atoms with van der Waals surface area (Å²) in [5.74, 6) is 0.586. The van der Waals surface area contributed by atoms with E-state index in [-0.39, 0.29) is 24.4 Å². The maximum Gasteiger partial charge on any atom is 0.251 e. The quantitative estimate of drug-likeness (QED) is 0.829. The minimum absolute atomic E-state index is 0.0241. The molecule has 0 spiro atoms. The molecule has 1 aromatic rings. The summed E-state index contributed by atoms with van der Waals surface area (Å²) in [5, 5.41) is 5.69. The van der Waals surface area contributed by atoms with Crippen molar-refractivity contribution in [2.75, 3.05) is 20.8 Å². The molecule has 6 heteroatoms. The van der Waals surface area contributed by atoms with Crippen molar-refractivity contribution in [2.45, 2.75) is 51.0 Å². The van der Waals surface area contributed by atoms with Gasteiger partial charge in [-0.1, -0.05) is 32.1 Å². The Balaban J connectivity index is 1.83. The van der Waals surface area contributed by atoms with Crippen molar-refractivity contribution >= 4 is 11.8 Å². The number of nitrogens with one attached hydrogen (secondary N) is 2. The fraction of sp³-hybridized carbons (Fsp3) is 0.579. The number of rotatable bonds is 6. The molecule has 0 aromatic heterocycles. The molecular weight excluding hydrogens is 320 g/mol. The third-order valence-electron chi connectivity index (χ3n) is 4.53. The first-order chi connectivity index (χ1) is 12.1. The topological polar surface area (TPSA) is 76.7 Å².